The van der Waals surface area contributed by atoms with Crippen LogP contribution in [-0.2, 0) is 19.4 Å². The number of urea groups is 1. The highest BCUT2D eigenvalue weighted by molar-refractivity contribution is 8.01. The minimum atomic E-state index is -5.08. The van der Waals surface area contributed by atoms with Gasteiger partial charge in [0, 0.05) is 24.3 Å². The van der Waals surface area contributed by atoms with E-state index in [1.54, 1.807) is 36.6 Å². The summed E-state index contributed by atoms with van der Waals surface area (Å²) in [5.74, 6) is -5.86. The van der Waals surface area contributed by atoms with Crippen molar-refractivity contribution < 1.29 is 59.4 Å². The van der Waals surface area contributed by atoms with E-state index in [0.717, 1.165) is 17.0 Å². The Morgan fingerprint density at radius 2 is 1.46 bits per heavy atom. The van der Waals surface area contributed by atoms with Crippen molar-refractivity contribution in [3.05, 3.63) is 83.2 Å². The SMILES string of the molecule is CSc1sc(C(=N)N)cc1S(=O)(=O)c1cccc(-c2c(C)cc(N=C(N)N)cc2NC(=O)NCCNc2ccccc2)c1.O=C(O)C(F)(F)F.O=C(O)C(F)(F)F. The van der Waals surface area contributed by atoms with Crippen LogP contribution < -0.4 is 33.2 Å². The number of nitrogens with zero attached hydrogens (tertiary/aromatic N) is 1. The lowest BCUT2D eigenvalue weighted by atomic mass is 9.97. The van der Waals surface area contributed by atoms with Gasteiger partial charge in [0.2, 0.25) is 9.84 Å². The van der Waals surface area contributed by atoms with Crippen molar-refractivity contribution in [1.29, 1.82) is 5.41 Å². The second-order valence-electron chi connectivity index (χ2n) is 10.9. The minimum absolute atomic E-state index is 0.0586. The summed E-state index contributed by atoms with van der Waals surface area (Å²) >= 11 is 2.43. The lowest BCUT2D eigenvalue weighted by Gasteiger charge is -2.17. The predicted octanol–water partition coefficient (Wildman–Crippen LogP) is 5.97. The number of carboxylic acids is 2. The van der Waals surface area contributed by atoms with Crippen molar-refractivity contribution in [3.8, 4) is 11.1 Å². The molecule has 12 N–H and O–H groups in total. The molecule has 0 aliphatic rings. The zero-order valence-corrected chi connectivity index (χ0v) is 31.9. The third-order valence-electron chi connectivity index (χ3n) is 6.66. The summed E-state index contributed by atoms with van der Waals surface area (Å²) in [6.45, 7) is 2.67. The lowest BCUT2D eigenvalue weighted by Crippen LogP contribution is -2.32. The molecule has 0 saturated carbocycles. The van der Waals surface area contributed by atoms with Crippen LogP contribution in [0.2, 0.25) is 0 Å². The van der Waals surface area contributed by atoms with Gasteiger partial charge in [0.05, 0.1) is 30.3 Å². The number of halogens is 6. The van der Waals surface area contributed by atoms with Crippen LogP contribution in [0.3, 0.4) is 0 Å². The third kappa shape index (κ3) is 14.5. The lowest BCUT2D eigenvalue weighted by molar-refractivity contribution is -0.193. The van der Waals surface area contributed by atoms with Gasteiger partial charge in [0.1, 0.15) is 5.84 Å². The number of alkyl halides is 6. The number of nitrogens with two attached hydrogens (primary N) is 3. The highest BCUT2D eigenvalue weighted by atomic mass is 32.2. The van der Waals surface area contributed by atoms with Crippen molar-refractivity contribution >= 4 is 79.8 Å². The van der Waals surface area contributed by atoms with Crippen molar-refractivity contribution in [2.45, 2.75) is 33.3 Å². The Hall–Kier alpha value is -6.01. The second-order valence-corrected chi connectivity index (χ2v) is 15.0. The number of carboxylic acid groups (broad SMARTS) is 2. The Morgan fingerprint density at radius 1 is 0.877 bits per heavy atom. The average Bonchev–Trinajstić information content (AvgIpc) is 3.56. The standard InChI is InChI=1S/C29H32N8O3S3.2C2HF3O2/c1-17-13-20(36-28(32)33)15-22(37-29(38)35-12-11-34-19-8-4-3-5-9-19)25(17)18-7-6-10-21(14-18)43(39,40)24-16-23(26(30)31)42-27(24)41-2;2*3-2(4,5)1(6)7/h3-10,13-16,34H,11-12H2,1-2H3,(H3,30,31)(H4,32,33,36)(H2,35,37,38);2*(H,6,7). The third-order valence-corrected chi connectivity index (χ3v) is 11.0. The number of hydrogen-bond acceptors (Lipinski definition) is 10. The molecular weight excluding hydrogens is 831 g/mol. The van der Waals surface area contributed by atoms with Crippen LogP contribution in [0.15, 0.2) is 91.8 Å². The number of carbonyl (C=O) groups excluding carboxylic acids is 1. The number of anilines is 2. The van der Waals surface area contributed by atoms with Gasteiger partial charge in [0.15, 0.2) is 5.96 Å². The van der Waals surface area contributed by atoms with Crippen LogP contribution in [0.1, 0.15) is 10.4 Å². The normalized spacial score (nSPS) is 11.1. The minimum Gasteiger partial charge on any atom is -0.475 e. The van der Waals surface area contributed by atoms with E-state index in [4.69, 9.17) is 42.4 Å². The summed E-state index contributed by atoms with van der Waals surface area (Å²) < 4.78 is 91.5. The molecule has 0 aliphatic carbocycles. The molecule has 0 fully saturated rings. The second kappa shape index (κ2) is 20.2. The van der Waals surface area contributed by atoms with Crippen LogP contribution in [0.4, 0.5) is 48.2 Å². The molecule has 0 spiro atoms. The number of nitrogens with one attached hydrogen (secondary N) is 4. The fourth-order valence-electron chi connectivity index (χ4n) is 4.33. The summed E-state index contributed by atoms with van der Waals surface area (Å²) in [5.41, 5.74) is 20.5. The van der Waals surface area contributed by atoms with Crippen LogP contribution in [0, 0.1) is 12.3 Å². The monoisotopic (exact) mass is 864 g/mol. The zero-order chi connectivity index (χ0) is 43.3. The number of guanidine groups is 1. The molecule has 2 amide bonds. The molecular formula is C33H34F6N8O7S3. The quantitative estimate of drug-likeness (QED) is 0.0278. The summed E-state index contributed by atoms with van der Waals surface area (Å²) in [4.78, 5) is 35.4. The van der Waals surface area contributed by atoms with E-state index in [9.17, 15) is 39.6 Å². The maximum atomic E-state index is 13.8. The van der Waals surface area contributed by atoms with E-state index in [1.807, 2.05) is 37.3 Å². The number of hydrogen-bond donors (Lipinski definition) is 9. The number of thiophene rings is 1. The number of amidine groups is 1. The molecule has 308 valence electrons. The summed E-state index contributed by atoms with van der Waals surface area (Å²) in [6.07, 6.45) is -8.40. The number of aryl methyl sites for hydroxylation is 1. The number of sulfone groups is 1. The summed E-state index contributed by atoms with van der Waals surface area (Å²) in [7, 11) is -3.96. The highest BCUT2D eigenvalue weighted by Crippen LogP contribution is 2.40. The number of carbonyl (C=O) groups is 3. The average molecular weight is 865 g/mol. The molecule has 24 heteroatoms. The number of aliphatic carboxylic acids is 2. The number of thioether (sulfide) groups is 1. The molecule has 1 heterocycles. The van der Waals surface area contributed by atoms with E-state index in [2.05, 4.69) is 20.9 Å². The first-order valence-corrected chi connectivity index (χ1v) is 19.0. The topological polar surface area (TPSA) is 276 Å². The van der Waals surface area contributed by atoms with Crippen molar-refractivity contribution in [2.24, 2.45) is 22.2 Å². The Kier molecular flexibility index (Phi) is 16.7. The van der Waals surface area contributed by atoms with Crippen molar-refractivity contribution in [3.63, 3.8) is 0 Å². The smallest absolute Gasteiger partial charge is 0.475 e. The van der Waals surface area contributed by atoms with Gasteiger partial charge in [-0.05, 0) is 66.8 Å². The van der Waals surface area contributed by atoms with Crippen LogP contribution in [0.25, 0.3) is 11.1 Å². The molecule has 4 aromatic rings. The van der Waals surface area contributed by atoms with E-state index in [-0.39, 0.29) is 21.6 Å². The maximum Gasteiger partial charge on any atom is 0.490 e. The van der Waals surface area contributed by atoms with Crippen molar-refractivity contribution in [1.82, 2.24) is 5.32 Å². The Labute approximate surface area is 328 Å². The predicted molar refractivity (Wildman–Crippen MR) is 204 cm³/mol. The van der Waals surface area contributed by atoms with Gasteiger partial charge >= 0.3 is 30.3 Å². The molecule has 57 heavy (non-hydrogen) atoms. The molecule has 4 rings (SSSR count). The van der Waals surface area contributed by atoms with E-state index < -0.39 is 40.2 Å². The first-order chi connectivity index (χ1) is 26.4. The van der Waals surface area contributed by atoms with Gasteiger partial charge in [-0.3, -0.25) is 5.41 Å². The van der Waals surface area contributed by atoms with Gasteiger partial charge in [-0.2, -0.15) is 26.3 Å². The molecule has 3 aromatic carbocycles. The van der Waals surface area contributed by atoms with Crippen LogP contribution in [0.5, 0.6) is 0 Å². The number of amides is 2. The highest BCUT2D eigenvalue weighted by Gasteiger charge is 2.39. The number of benzene rings is 3. The molecule has 0 unspecified atom stereocenters. The Morgan fingerprint density at radius 3 is 1.96 bits per heavy atom. The fraction of sp³-hybridized carbons (Fsp3) is 0.182. The fourth-order valence-corrected chi connectivity index (χ4v) is 8.24. The number of para-hydroxylation sites is 1. The molecule has 1 aromatic heterocycles. The number of nitrogen functional groups attached to an aromatic ring is 1. The molecule has 0 aliphatic heterocycles. The van der Waals surface area contributed by atoms with Crippen LogP contribution in [-0.4, -0.2) is 80.1 Å². The molecule has 15 nitrogen and oxygen atoms in total. The summed E-state index contributed by atoms with van der Waals surface area (Å²) in [6, 6.07) is 20.4. The first kappa shape index (κ1) is 47.1. The van der Waals surface area contributed by atoms with Gasteiger partial charge in [-0.1, -0.05) is 30.3 Å². The maximum absolute atomic E-state index is 13.8. The first-order valence-electron chi connectivity index (χ1n) is 15.4. The molecule has 0 atom stereocenters. The van der Waals surface area contributed by atoms with E-state index >= 15 is 0 Å². The Balaban J connectivity index is 0.000000682. The molecule has 0 radical (unpaired) electrons. The van der Waals surface area contributed by atoms with Crippen LogP contribution >= 0.6 is 23.1 Å². The molecule has 0 bridgehead atoms. The van der Waals surface area contributed by atoms with E-state index in [1.165, 1.54) is 23.9 Å². The van der Waals surface area contributed by atoms with Gasteiger partial charge in [-0.15, -0.1) is 23.1 Å². The molecule has 0 saturated heterocycles. The Bertz CT molecular complexity index is 2190. The van der Waals surface area contributed by atoms with Crippen molar-refractivity contribution in [2.75, 3.05) is 30.0 Å². The number of aliphatic imine (C=N–C) groups is 1. The van der Waals surface area contributed by atoms with E-state index in [0.29, 0.717) is 50.2 Å². The van der Waals surface area contributed by atoms with Gasteiger partial charge in [0.25, 0.3) is 0 Å². The number of rotatable bonds is 11. The van der Waals surface area contributed by atoms with Gasteiger partial charge < -0.3 is 43.4 Å². The summed E-state index contributed by atoms with van der Waals surface area (Å²) in [5, 5.41) is 30.9. The van der Waals surface area contributed by atoms with Gasteiger partial charge in [-0.25, -0.2) is 27.8 Å². The largest absolute Gasteiger partial charge is 0.490 e. The zero-order valence-electron chi connectivity index (χ0n) is 29.4.